The lowest BCUT2D eigenvalue weighted by Crippen LogP contribution is -2.36. The summed E-state index contributed by atoms with van der Waals surface area (Å²) in [6, 6.07) is 0.560. The lowest BCUT2D eigenvalue weighted by Gasteiger charge is -2.25. The molecule has 0 saturated carbocycles. The number of hydrogen-bond acceptors (Lipinski definition) is 2. The van der Waals surface area contributed by atoms with E-state index in [1.165, 1.54) is 0 Å². The number of likely N-dealkylation sites (N-methyl/N-ethyl adjacent to an activating group) is 1. The maximum Gasteiger partial charge on any atom is 0.0618 e. The van der Waals surface area contributed by atoms with Crippen molar-refractivity contribution >= 4 is 0 Å². The second-order valence-corrected chi connectivity index (χ2v) is 2.73. The zero-order chi connectivity index (χ0) is 8.69. The summed E-state index contributed by atoms with van der Waals surface area (Å²) < 4.78 is 5.34. The fourth-order valence-electron chi connectivity index (χ4n) is 1.24. The summed E-state index contributed by atoms with van der Waals surface area (Å²) in [6.07, 6.45) is 0. The zero-order valence-corrected chi connectivity index (χ0v) is 8.26. The molecule has 0 saturated heterocycles. The molecule has 0 rings (SSSR count). The molecule has 0 aromatic carbocycles. The Kier molecular flexibility index (Phi) is 6.57. The van der Waals surface area contributed by atoms with Crippen molar-refractivity contribution in [1.29, 1.82) is 0 Å². The average Bonchev–Trinajstić information content (AvgIpc) is 2.03. The maximum atomic E-state index is 5.34. The minimum absolute atomic E-state index is 0.560. The summed E-state index contributed by atoms with van der Waals surface area (Å²) in [5.74, 6) is 0. The number of nitrogens with zero attached hydrogens (tertiary/aromatic N) is 1. The largest absolute Gasteiger partial charge is 0.380 e. The fraction of sp³-hybridized carbons (Fsp3) is 1.00. The van der Waals surface area contributed by atoms with Crippen molar-refractivity contribution in [2.45, 2.75) is 33.7 Å². The molecule has 0 amide bonds. The predicted octanol–water partition coefficient (Wildman–Crippen LogP) is 1.75. The van der Waals surface area contributed by atoms with Crippen molar-refractivity contribution in [1.82, 2.24) is 4.90 Å². The van der Waals surface area contributed by atoms with Crippen LogP contribution in [0.3, 0.4) is 0 Å². The van der Waals surface area contributed by atoms with Gasteiger partial charge in [0.05, 0.1) is 6.61 Å². The minimum atomic E-state index is 0.560. The lowest BCUT2D eigenvalue weighted by atomic mass is 10.3. The van der Waals surface area contributed by atoms with Gasteiger partial charge >= 0.3 is 0 Å². The van der Waals surface area contributed by atoms with E-state index in [1.54, 1.807) is 0 Å². The molecule has 0 spiro atoms. The van der Waals surface area contributed by atoms with Crippen molar-refractivity contribution in [2.24, 2.45) is 0 Å². The molecule has 0 aromatic heterocycles. The standard InChI is InChI=1S/C9H21NO/c1-5-10(6-2)9(4)8-11-7-3/h9H,5-8H2,1-4H3/t9-/m0/s1. The highest BCUT2D eigenvalue weighted by atomic mass is 16.5. The quantitative estimate of drug-likeness (QED) is 0.585. The third-order valence-corrected chi connectivity index (χ3v) is 2.00. The molecule has 0 fully saturated rings. The molecule has 0 aliphatic rings. The van der Waals surface area contributed by atoms with E-state index in [9.17, 15) is 0 Å². The number of hydrogen-bond donors (Lipinski definition) is 0. The Hall–Kier alpha value is -0.0800. The molecule has 0 aliphatic carbocycles. The molecule has 0 bridgehead atoms. The van der Waals surface area contributed by atoms with Gasteiger partial charge in [-0.15, -0.1) is 0 Å². The van der Waals surface area contributed by atoms with Crippen molar-refractivity contribution < 1.29 is 4.74 Å². The van der Waals surface area contributed by atoms with E-state index in [2.05, 4.69) is 25.7 Å². The van der Waals surface area contributed by atoms with Gasteiger partial charge in [-0.25, -0.2) is 0 Å². The monoisotopic (exact) mass is 159 g/mol. The molecule has 0 unspecified atom stereocenters. The van der Waals surface area contributed by atoms with E-state index in [0.717, 1.165) is 26.3 Å². The molecule has 0 radical (unpaired) electrons. The Labute approximate surface area is 70.5 Å². The third-order valence-electron chi connectivity index (χ3n) is 2.00. The van der Waals surface area contributed by atoms with Crippen molar-refractivity contribution in [2.75, 3.05) is 26.3 Å². The smallest absolute Gasteiger partial charge is 0.0618 e. The van der Waals surface area contributed by atoms with Crippen LogP contribution in [-0.4, -0.2) is 37.2 Å². The Morgan fingerprint density at radius 1 is 1.18 bits per heavy atom. The summed E-state index contributed by atoms with van der Waals surface area (Å²) >= 11 is 0. The van der Waals surface area contributed by atoms with Gasteiger partial charge in [0.25, 0.3) is 0 Å². The number of ether oxygens (including phenoxy) is 1. The van der Waals surface area contributed by atoms with E-state index in [4.69, 9.17) is 4.74 Å². The van der Waals surface area contributed by atoms with Gasteiger partial charge < -0.3 is 4.74 Å². The Balaban J connectivity index is 3.51. The molecular weight excluding hydrogens is 138 g/mol. The van der Waals surface area contributed by atoms with Crippen LogP contribution in [0.15, 0.2) is 0 Å². The van der Waals surface area contributed by atoms with E-state index in [-0.39, 0.29) is 0 Å². The van der Waals surface area contributed by atoms with E-state index >= 15 is 0 Å². The van der Waals surface area contributed by atoms with E-state index in [1.807, 2.05) is 6.92 Å². The first-order chi connectivity index (χ1) is 5.26. The molecule has 68 valence electrons. The first-order valence-corrected chi connectivity index (χ1v) is 4.57. The van der Waals surface area contributed by atoms with Crippen molar-refractivity contribution in [3.05, 3.63) is 0 Å². The van der Waals surface area contributed by atoms with Gasteiger partial charge in [-0.1, -0.05) is 13.8 Å². The minimum Gasteiger partial charge on any atom is -0.380 e. The summed E-state index contributed by atoms with van der Waals surface area (Å²) in [5.41, 5.74) is 0. The van der Waals surface area contributed by atoms with Gasteiger partial charge in [0, 0.05) is 12.6 Å². The van der Waals surface area contributed by atoms with Crippen molar-refractivity contribution in [3.8, 4) is 0 Å². The molecule has 0 aromatic rings. The maximum absolute atomic E-state index is 5.34. The second kappa shape index (κ2) is 6.62. The highest BCUT2D eigenvalue weighted by Crippen LogP contribution is 1.98. The molecule has 11 heavy (non-hydrogen) atoms. The van der Waals surface area contributed by atoms with Gasteiger partial charge in [-0.05, 0) is 26.9 Å². The van der Waals surface area contributed by atoms with E-state index < -0.39 is 0 Å². The Morgan fingerprint density at radius 2 is 1.73 bits per heavy atom. The average molecular weight is 159 g/mol. The topological polar surface area (TPSA) is 12.5 Å². The van der Waals surface area contributed by atoms with Crippen LogP contribution >= 0.6 is 0 Å². The Morgan fingerprint density at radius 3 is 2.09 bits per heavy atom. The van der Waals surface area contributed by atoms with Gasteiger partial charge in [-0.2, -0.15) is 0 Å². The zero-order valence-electron chi connectivity index (χ0n) is 8.26. The Bertz CT molecular complexity index is 81.6. The summed E-state index contributed by atoms with van der Waals surface area (Å²) in [6.45, 7) is 12.5. The van der Waals surface area contributed by atoms with Crippen LogP contribution in [0.25, 0.3) is 0 Å². The number of rotatable bonds is 6. The molecule has 2 heteroatoms. The van der Waals surface area contributed by atoms with Crippen LogP contribution in [0, 0.1) is 0 Å². The van der Waals surface area contributed by atoms with Gasteiger partial charge in [0.2, 0.25) is 0 Å². The van der Waals surface area contributed by atoms with Crippen molar-refractivity contribution in [3.63, 3.8) is 0 Å². The molecule has 0 heterocycles. The third kappa shape index (κ3) is 4.38. The first-order valence-electron chi connectivity index (χ1n) is 4.57. The van der Waals surface area contributed by atoms with E-state index in [0.29, 0.717) is 6.04 Å². The van der Waals surface area contributed by atoms with Crippen LogP contribution in [0.5, 0.6) is 0 Å². The molecule has 2 nitrogen and oxygen atoms in total. The van der Waals surface area contributed by atoms with Crippen LogP contribution < -0.4 is 0 Å². The summed E-state index contributed by atoms with van der Waals surface area (Å²) in [5, 5.41) is 0. The van der Waals surface area contributed by atoms with Crippen LogP contribution in [0.4, 0.5) is 0 Å². The van der Waals surface area contributed by atoms with Crippen LogP contribution in [0.2, 0.25) is 0 Å². The highest BCUT2D eigenvalue weighted by Gasteiger charge is 2.08. The van der Waals surface area contributed by atoms with Gasteiger partial charge in [-0.3, -0.25) is 4.90 Å². The lowest BCUT2D eigenvalue weighted by molar-refractivity contribution is 0.0784. The first kappa shape index (κ1) is 10.9. The SMILES string of the molecule is CCOC[C@H](C)N(CC)CC. The normalized spacial score (nSPS) is 13.9. The highest BCUT2D eigenvalue weighted by molar-refractivity contribution is 4.62. The fourth-order valence-corrected chi connectivity index (χ4v) is 1.24. The molecule has 1 atom stereocenters. The van der Waals surface area contributed by atoms with Gasteiger partial charge in [0.15, 0.2) is 0 Å². The molecule has 0 aliphatic heterocycles. The van der Waals surface area contributed by atoms with Crippen LogP contribution in [-0.2, 0) is 4.74 Å². The molecule has 0 N–H and O–H groups in total. The second-order valence-electron chi connectivity index (χ2n) is 2.73. The predicted molar refractivity (Wildman–Crippen MR) is 48.9 cm³/mol. The molecular formula is C9H21NO. The van der Waals surface area contributed by atoms with Crippen LogP contribution in [0.1, 0.15) is 27.7 Å². The van der Waals surface area contributed by atoms with Gasteiger partial charge in [0.1, 0.15) is 0 Å². The summed E-state index contributed by atoms with van der Waals surface area (Å²) in [7, 11) is 0. The summed E-state index contributed by atoms with van der Waals surface area (Å²) in [4.78, 5) is 2.40.